The number of hydrogen-bond acceptors (Lipinski definition) is 3. The Morgan fingerprint density at radius 3 is 2.17 bits per heavy atom. The van der Waals surface area contributed by atoms with Crippen LogP contribution in [0.3, 0.4) is 0 Å². The Morgan fingerprint density at radius 2 is 1.50 bits per heavy atom. The van der Waals surface area contributed by atoms with Crippen molar-refractivity contribution in [2.75, 3.05) is 14.2 Å². The molecular weight excluding hydrogens is 300 g/mol. The fourth-order valence-electron chi connectivity index (χ4n) is 3.99. The van der Waals surface area contributed by atoms with Crippen molar-refractivity contribution in [3.05, 3.63) is 60.2 Å². The number of nitrogens with one attached hydrogen (secondary N) is 1. The van der Waals surface area contributed by atoms with Gasteiger partial charge in [0, 0.05) is 31.0 Å². The Hall–Kier alpha value is -2.14. The van der Waals surface area contributed by atoms with E-state index in [1.807, 2.05) is 12.1 Å². The van der Waals surface area contributed by atoms with Gasteiger partial charge >= 0.3 is 0 Å². The number of nitrogens with two attached hydrogens (primary N) is 1. The van der Waals surface area contributed by atoms with Crippen LogP contribution in [-0.2, 0) is 9.47 Å². The minimum absolute atomic E-state index is 0.0448. The summed E-state index contributed by atoms with van der Waals surface area (Å²) in [5, 5.41) is 1.21. The van der Waals surface area contributed by atoms with Gasteiger partial charge in [-0.15, -0.1) is 0 Å². The van der Waals surface area contributed by atoms with Gasteiger partial charge in [0.2, 0.25) is 0 Å². The molecule has 2 aromatic carbocycles. The summed E-state index contributed by atoms with van der Waals surface area (Å²) in [6.07, 6.45) is -0.0896. The molecule has 0 amide bonds. The van der Waals surface area contributed by atoms with E-state index in [4.69, 9.17) is 15.2 Å². The molecule has 1 aromatic heterocycles. The average Bonchev–Trinajstić information content (AvgIpc) is 3.00. The number of aromatic amines is 1. The minimum Gasteiger partial charge on any atom is -0.379 e. The molecule has 0 spiro atoms. The molecular formula is C20H22N2O2. The van der Waals surface area contributed by atoms with Crippen molar-refractivity contribution < 1.29 is 9.47 Å². The van der Waals surface area contributed by atoms with E-state index in [9.17, 15) is 0 Å². The SMILES string of the molecule is COC1C(N)C(OC)C1c1c(-c2ccccc2)[nH]c2ccccc12. The van der Waals surface area contributed by atoms with E-state index in [1.54, 1.807) is 14.2 Å². The van der Waals surface area contributed by atoms with Gasteiger partial charge in [0.1, 0.15) is 0 Å². The summed E-state index contributed by atoms with van der Waals surface area (Å²) in [7, 11) is 3.45. The zero-order chi connectivity index (χ0) is 16.7. The van der Waals surface area contributed by atoms with E-state index >= 15 is 0 Å². The third-order valence-electron chi connectivity index (χ3n) is 5.15. The van der Waals surface area contributed by atoms with Crippen LogP contribution < -0.4 is 5.73 Å². The summed E-state index contributed by atoms with van der Waals surface area (Å²) >= 11 is 0. The second kappa shape index (κ2) is 6.06. The molecule has 0 saturated heterocycles. The quantitative estimate of drug-likeness (QED) is 0.775. The van der Waals surface area contributed by atoms with E-state index in [-0.39, 0.29) is 24.2 Å². The van der Waals surface area contributed by atoms with Crippen molar-refractivity contribution in [1.82, 2.24) is 4.98 Å². The lowest BCUT2D eigenvalue weighted by molar-refractivity contribution is -0.111. The topological polar surface area (TPSA) is 60.3 Å². The normalized spacial score (nSPS) is 26.5. The largest absolute Gasteiger partial charge is 0.379 e. The Kier molecular flexibility index (Phi) is 3.88. The lowest BCUT2D eigenvalue weighted by Gasteiger charge is -2.48. The van der Waals surface area contributed by atoms with Gasteiger partial charge in [0.25, 0.3) is 0 Å². The molecule has 1 aliphatic rings. The van der Waals surface area contributed by atoms with Gasteiger partial charge in [-0.2, -0.15) is 0 Å². The third-order valence-corrected chi connectivity index (χ3v) is 5.15. The summed E-state index contributed by atoms with van der Waals surface area (Å²) in [5.74, 6) is 0.112. The van der Waals surface area contributed by atoms with E-state index in [2.05, 4.69) is 47.4 Å². The minimum atomic E-state index is -0.109. The Labute approximate surface area is 141 Å². The first kappa shape index (κ1) is 15.4. The maximum absolute atomic E-state index is 6.26. The molecule has 1 fully saturated rings. The fourth-order valence-corrected chi connectivity index (χ4v) is 3.99. The molecule has 0 bridgehead atoms. The van der Waals surface area contributed by atoms with Gasteiger partial charge in [0.15, 0.2) is 0 Å². The maximum atomic E-state index is 6.26. The highest BCUT2D eigenvalue weighted by atomic mass is 16.5. The van der Waals surface area contributed by atoms with E-state index in [1.165, 1.54) is 10.9 Å². The van der Waals surface area contributed by atoms with Crippen LogP contribution in [-0.4, -0.2) is 37.5 Å². The summed E-state index contributed by atoms with van der Waals surface area (Å²) in [6.45, 7) is 0. The molecule has 4 nitrogen and oxygen atoms in total. The van der Waals surface area contributed by atoms with Crippen LogP contribution in [0.4, 0.5) is 0 Å². The molecule has 3 aromatic rings. The van der Waals surface area contributed by atoms with Crippen molar-refractivity contribution in [3.8, 4) is 11.3 Å². The summed E-state index contributed by atoms with van der Waals surface area (Å²) in [5.41, 5.74) is 10.9. The highest BCUT2D eigenvalue weighted by Gasteiger charge is 2.51. The number of rotatable bonds is 4. The Bertz CT molecular complexity index is 831. The molecule has 1 heterocycles. The molecule has 2 atom stereocenters. The predicted octanol–water partition coefficient (Wildman–Crippen LogP) is 3.29. The first-order chi connectivity index (χ1) is 11.8. The number of hydrogen-bond donors (Lipinski definition) is 2. The van der Waals surface area contributed by atoms with Crippen LogP contribution in [0.2, 0.25) is 0 Å². The standard InChI is InChI=1S/C20H22N2O2/c1-23-19-16(20(24-2)17(19)21)15-13-10-6-7-11-14(13)22-18(15)12-8-4-3-5-9-12/h3-11,16-17,19-20,22H,21H2,1-2H3. The number of para-hydroxylation sites is 1. The van der Waals surface area contributed by atoms with Gasteiger partial charge in [0.05, 0.1) is 23.9 Å². The first-order valence-corrected chi connectivity index (χ1v) is 8.23. The van der Waals surface area contributed by atoms with E-state index < -0.39 is 0 Å². The fraction of sp³-hybridized carbons (Fsp3) is 0.300. The van der Waals surface area contributed by atoms with Crippen LogP contribution in [0.15, 0.2) is 54.6 Å². The monoisotopic (exact) mass is 322 g/mol. The number of H-pyrrole nitrogens is 1. The van der Waals surface area contributed by atoms with Crippen molar-refractivity contribution in [3.63, 3.8) is 0 Å². The molecule has 4 heteroatoms. The van der Waals surface area contributed by atoms with E-state index in [0.717, 1.165) is 16.8 Å². The summed E-state index contributed by atoms with van der Waals surface area (Å²) < 4.78 is 11.4. The molecule has 24 heavy (non-hydrogen) atoms. The van der Waals surface area contributed by atoms with Crippen LogP contribution in [0, 0.1) is 0 Å². The summed E-state index contributed by atoms with van der Waals surface area (Å²) in [6, 6.07) is 18.6. The number of ether oxygens (including phenoxy) is 2. The zero-order valence-corrected chi connectivity index (χ0v) is 13.9. The zero-order valence-electron chi connectivity index (χ0n) is 13.9. The number of benzene rings is 2. The van der Waals surface area contributed by atoms with Crippen LogP contribution in [0.5, 0.6) is 0 Å². The van der Waals surface area contributed by atoms with Crippen molar-refractivity contribution in [1.29, 1.82) is 0 Å². The second-order valence-corrected chi connectivity index (χ2v) is 6.33. The molecule has 4 rings (SSSR count). The predicted molar refractivity (Wildman–Crippen MR) is 96.0 cm³/mol. The lowest BCUT2D eigenvalue weighted by Crippen LogP contribution is -2.64. The van der Waals surface area contributed by atoms with Crippen molar-refractivity contribution >= 4 is 10.9 Å². The van der Waals surface area contributed by atoms with Gasteiger partial charge in [-0.25, -0.2) is 0 Å². The van der Waals surface area contributed by atoms with Gasteiger partial charge in [-0.1, -0.05) is 48.5 Å². The van der Waals surface area contributed by atoms with Crippen LogP contribution >= 0.6 is 0 Å². The third kappa shape index (κ3) is 2.18. The molecule has 2 unspecified atom stereocenters. The Balaban J connectivity index is 1.93. The van der Waals surface area contributed by atoms with E-state index in [0.29, 0.717) is 0 Å². The van der Waals surface area contributed by atoms with Crippen molar-refractivity contribution in [2.45, 2.75) is 24.2 Å². The maximum Gasteiger partial charge on any atom is 0.0842 e. The lowest BCUT2D eigenvalue weighted by atomic mass is 9.69. The number of aromatic nitrogens is 1. The highest BCUT2D eigenvalue weighted by Crippen LogP contribution is 2.46. The average molecular weight is 322 g/mol. The van der Waals surface area contributed by atoms with Crippen LogP contribution in [0.1, 0.15) is 11.5 Å². The Morgan fingerprint density at radius 1 is 0.875 bits per heavy atom. The smallest absolute Gasteiger partial charge is 0.0842 e. The number of fused-ring (bicyclic) bond motifs is 1. The van der Waals surface area contributed by atoms with Crippen molar-refractivity contribution in [2.24, 2.45) is 5.73 Å². The molecule has 1 saturated carbocycles. The summed E-state index contributed by atoms with van der Waals surface area (Å²) in [4.78, 5) is 3.58. The molecule has 0 aliphatic heterocycles. The molecule has 0 radical (unpaired) electrons. The highest BCUT2D eigenvalue weighted by molar-refractivity contribution is 5.91. The first-order valence-electron chi connectivity index (χ1n) is 8.23. The second-order valence-electron chi connectivity index (χ2n) is 6.33. The van der Waals surface area contributed by atoms with Gasteiger partial charge < -0.3 is 20.2 Å². The molecule has 1 aliphatic carbocycles. The number of methoxy groups -OCH3 is 2. The molecule has 124 valence electrons. The van der Waals surface area contributed by atoms with Gasteiger partial charge in [-0.05, 0) is 17.2 Å². The van der Waals surface area contributed by atoms with Gasteiger partial charge in [-0.3, -0.25) is 0 Å². The van der Waals surface area contributed by atoms with Crippen LogP contribution in [0.25, 0.3) is 22.2 Å². The molecule has 3 N–H and O–H groups in total.